The maximum atomic E-state index is 12.2. The Kier molecular flexibility index (Phi) is 4.84. The van der Waals surface area contributed by atoms with Crippen LogP contribution in [0.4, 0.5) is 0 Å². The van der Waals surface area contributed by atoms with Gasteiger partial charge < -0.3 is 13.9 Å². The van der Waals surface area contributed by atoms with Gasteiger partial charge in [0.05, 0.1) is 19.1 Å². The minimum absolute atomic E-state index is 0.104. The van der Waals surface area contributed by atoms with Crippen molar-refractivity contribution in [3.63, 3.8) is 0 Å². The van der Waals surface area contributed by atoms with E-state index in [2.05, 4.69) is 4.74 Å². The first-order chi connectivity index (χ1) is 12.1. The molecule has 3 rings (SSSR count). The maximum Gasteiger partial charge on any atom is 0.340 e. The molecule has 5 nitrogen and oxygen atoms in total. The molecule has 0 amide bonds. The molecule has 0 saturated carbocycles. The smallest absolute Gasteiger partial charge is 0.340 e. The molecule has 0 spiro atoms. The third-order valence-corrected chi connectivity index (χ3v) is 4.06. The summed E-state index contributed by atoms with van der Waals surface area (Å²) in [4.78, 5) is 23.7. The van der Waals surface area contributed by atoms with Crippen molar-refractivity contribution in [1.82, 2.24) is 0 Å². The second kappa shape index (κ2) is 7.21. The fraction of sp³-hybridized carbons (Fsp3) is 0.200. The predicted molar refractivity (Wildman–Crippen MR) is 93.7 cm³/mol. The molecule has 0 aliphatic rings. The van der Waals surface area contributed by atoms with Crippen LogP contribution < -0.4 is 10.4 Å². The van der Waals surface area contributed by atoms with Crippen molar-refractivity contribution >= 4 is 16.9 Å². The zero-order valence-electron chi connectivity index (χ0n) is 14.1. The van der Waals surface area contributed by atoms with E-state index in [1.54, 1.807) is 13.0 Å². The lowest BCUT2D eigenvalue weighted by atomic mass is 10.0. The fourth-order valence-electron chi connectivity index (χ4n) is 2.63. The number of carbonyl (C=O) groups is 1. The molecule has 0 atom stereocenters. The maximum absolute atomic E-state index is 12.2. The van der Waals surface area contributed by atoms with E-state index in [0.29, 0.717) is 29.1 Å². The van der Waals surface area contributed by atoms with Gasteiger partial charge in [0.25, 0.3) is 0 Å². The van der Waals surface area contributed by atoms with Crippen LogP contribution >= 0.6 is 0 Å². The molecule has 0 unspecified atom stereocenters. The Morgan fingerprint density at radius 3 is 2.60 bits per heavy atom. The summed E-state index contributed by atoms with van der Waals surface area (Å²) in [6.07, 6.45) is -0.104. The molecule has 3 aromatic rings. The summed E-state index contributed by atoms with van der Waals surface area (Å²) < 4.78 is 15.8. The summed E-state index contributed by atoms with van der Waals surface area (Å²) in [6.45, 7) is 2.22. The van der Waals surface area contributed by atoms with Crippen LogP contribution in [-0.2, 0) is 22.6 Å². The minimum Gasteiger partial charge on any atom is -0.489 e. The topological polar surface area (TPSA) is 65.7 Å². The van der Waals surface area contributed by atoms with Crippen molar-refractivity contribution in [3.8, 4) is 5.75 Å². The normalized spacial score (nSPS) is 10.6. The van der Waals surface area contributed by atoms with Crippen LogP contribution in [0.25, 0.3) is 11.0 Å². The van der Waals surface area contributed by atoms with Crippen molar-refractivity contribution in [2.45, 2.75) is 20.0 Å². The van der Waals surface area contributed by atoms with Crippen LogP contribution in [0.5, 0.6) is 5.75 Å². The Labute approximate surface area is 144 Å². The van der Waals surface area contributed by atoms with Gasteiger partial charge in [0, 0.05) is 11.5 Å². The Bertz CT molecular complexity index is 957. The number of hydrogen-bond donors (Lipinski definition) is 0. The van der Waals surface area contributed by atoms with E-state index in [1.807, 2.05) is 42.5 Å². The number of esters is 1. The number of methoxy groups -OCH3 is 1. The predicted octanol–water partition coefficient (Wildman–Crippen LogP) is 3.40. The van der Waals surface area contributed by atoms with Crippen LogP contribution in [0.15, 0.2) is 57.7 Å². The highest BCUT2D eigenvalue weighted by Crippen LogP contribution is 2.25. The Morgan fingerprint density at radius 2 is 1.88 bits per heavy atom. The van der Waals surface area contributed by atoms with Crippen LogP contribution in [0.1, 0.15) is 16.7 Å². The molecule has 1 heterocycles. The summed E-state index contributed by atoms with van der Waals surface area (Å²) in [5.74, 6) is 0.136. The standard InChI is InChI=1S/C20H18O5/c1-13-16-9-8-15(24-12-14-6-4-3-5-7-14)10-18(16)25-20(22)17(13)11-19(21)23-2/h3-10H,11-12H2,1-2H3. The van der Waals surface area contributed by atoms with Gasteiger partial charge in [-0.3, -0.25) is 4.79 Å². The second-order valence-corrected chi connectivity index (χ2v) is 5.68. The van der Waals surface area contributed by atoms with Crippen molar-refractivity contribution in [1.29, 1.82) is 0 Å². The van der Waals surface area contributed by atoms with Gasteiger partial charge in [-0.25, -0.2) is 4.79 Å². The molecule has 2 aromatic carbocycles. The zero-order chi connectivity index (χ0) is 17.8. The van der Waals surface area contributed by atoms with Gasteiger partial charge in [0.15, 0.2) is 0 Å². The first-order valence-electron chi connectivity index (χ1n) is 7.88. The van der Waals surface area contributed by atoms with Crippen LogP contribution in [0, 0.1) is 6.92 Å². The van der Waals surface area contributed by atoms with Crippen LogP contribution in [-0.4, -0.2) is 13.1 Å². The zero-order valence-corrected chi connectivity index (χ0v) is 14.1. The number of carbonyl (C=O) groups excluding carboxylic acids is 1. The summed E-state index contributed by atoms with van der Waals surface area (Å²) >= 11 is 0. The highest BCUT2D eigenvalue weighted by molar-refractivity contribution is 5.84. The van der Waals surface area contributed by atoms with Gasteiger partial charge in [-0.05, 0) is 30.2 Å². The monoisotopic (exact) mass is 338 g/mol. The van der Waals surface area contributed by atoms with E-state index in [9.17, 15) is 9.59 Å². The van der Waals surface area contributed by atoms with E-state index < -0.39 is 11.6 Å². The lowest BCUT2D eigenvalue weighted by molar-refractivity contribution is -0.139. The lowest BCUT2D eigenvalue weighted by Crippen LogP contribution is -2.16. The van der Waals surface area contributed by atoms with Crippen molar-refractivity contribution in [2.24, 2.45) is 0 Å². The summed E-state index contributed by atoms with van der Waals surface area (Å²) in [5, 5.41) is 0.769. The van der Waals surface area contributed by atoms with Crippen molar-refractivity contribution < 1.29 is 18.7 Å². The quantitative estimate of drug-likeness (QED) is 0.527. The molecular weight excluding hydrogens is 320 g/mol. The largest absolute Gasteiger partial charge is 0.489 e. The lowest BCUT2D eigenvalue weighted by Gasteiger charge is -2.10. The van der Waals surface area contributed by atoms with Crippen molar-refractivity contribution in [2.75, 3.05) is 7.11 Å². The fourth-order valence-corrected chi connectivity index (χ4v) is 2.63. The average Bonchev–Trinajstić information content (AvgIpc) is 2.63. The number of fused-ring (bicyclic) bond motifs is 1. The van der Waals surface area contributed by atoms with E-state index in [0.717, 1.165) is 10.9 Å². The van der Waals surface area contributed by atoms with Crippen LogP contribution in [0.2, 0.25) is 0 Å². The number of rotatable bonds is 5. The molecule has 128 valence electrons. The molecule has 0 fully saturated rings. The molecule has 0 aliphatic carbocycles. The number of ether oxygens (including phenoxy) is 2. The van der Waals surface area contributed by atoms with Gasteiger partial charge in [-0.15, -0.1) is 0 Å². The minimum atomic E-state index is -0.532. The summed E-state index contributed by atoms with van der Waals surface area (Å²) in [6, 6.07) is 15.1. The van der Waals surface area contributed by atoms with E-state index in [1.165, 1.54) is 7.11 Å². The second-order valence-electron chi connectivity index (χ2n) is 5.68. The molecule has 1 aromatic heterocycles. The highest BCUT2D eigenvalue weighted by atomic mass is 16.5. The Balaban J connectivity index is 1.89. The van der Waals surface area contributed by atoms with Crippen molar-refractivity contribution in [3.05, 3.63) is 75.6 Å². The number of aryl methyl sites for hydroxylation is 1. The van der Waals surface area contributed by atoms with Gasteiger partial charge >= 0.3 is 11.6 Å². The summed E-state index contributed by atoms with van der Waals surface area (Å²) in [5.41, 5.74) is 1.98. The van der Waals surface area contributed by atoms with E-state index >= 15 is 0 Å². The Morgan fingerprint density at radius 1 is 1.12 bits per heavy atom. The number of benzene rings is 2. The SMILES string of the molecule is COC(=O)Cc1c(C)c2ccc(OCc3ccccc3)cc2oc1=O. The number of hydrogen-bond acceptors (Lipinski definition) is 5. The van der Waals surface area contributed by atoms with Gasteiger partial charge in [-0.2, -0.15) is 0 Å². The molecule has 0 bridgehead atoms. The van der Waals surface area contributed by atoms with Gasteiger partial charge in [0.1, 0.15) is 17.9 Å². The van der Waals surface area contributed by atoms with E-state index in [-0.39, 0.29) is 6.42 Å². The Hall–Kier alpha value is -3.08. The average molecular weight is 338 g/mol. The molecule has 0 saturated heterocycles. The van der Waals surface area contributed by atoms with Gasteiger partial charge in [-0.1, -0.05) is 30.3 Å². The van der Waals surface area contributed by atoms with Crippen LogP contribution in [0.3, 0.4) is 0 Å². The third kappa shape index (κ3) is 3.71. The molecule has 0 N–H and O–H groups in total. The molecule has 25 heavy (non-hydrogen) atoms. The van der Waals surface area contributed by atoms with E-state index in [4.69, 9.17) is 9.15 Å². The summed E-state index contributed by atoms with van der Waals surface area (Å²) in [7, 11) is 1.29. The first-order valence-corrected chi connectivity index (χ1v) is 7.88. The molecular formula is C20H18O5. The third-order valence-electron chi connectivity index (χ3n) is 4.06. The molecule has 0 aliphatic heterocycles. The highest BCUT2D eigenvalue weighted by Gasteiger charge is 2.15. The molecule has 0 radical (unpaired) electrons. The van der Waals surface area contributed by atoms with Gasteiger partial charge in [0.2, 0.25) is 0 Å². The first kappa shape index (κ1) is 16.8. The molecule has 5 heteroatoms.